The summed E-state index contributed by atoms with van der Waals surface area (Å²) in [5, 5.41) is 0. The van der Waals surface area contributed by atoms with Crippen molar-refractivity contribution in [1.82, 2.24) is 9.21 Å². The van der Waals surface area contributed by atoms with Gasteiger partial charge in [0.1, 0.15) is 5.82 Å². The van der Waals surface area contributed by atoms with Gasteiger partial charge in [0, 0.05) is 32.6 Å². The minimum Gasteiger partial charge on any atom is -0.340 e. The number of hydrogen-bond acceptors (Lipinski definition) is 3. The summed E-state index contributed by atoms with van der Waals surface area (Å²) < 4.78 is 39.7. The van der Waals surface area contributed by atoms with Gasteiger partial charge in [0.15, 0.2) is 0 Å². The van der Waals surface area contributed by atoms with Crippen LogP contribution in [0.1, 0.15) is 24.8 Å². The third kappa shape index (κ3) is 4.54. The number of sulfonamides is 1. The Morgan fingerprint density at radius 2 is 1.59 bits per heavy atom. The van der Waals surface area contributed by atoms with E-state index in [0.717, 1.165) is 17.7 Å². The first-order chi connectivity index (χ1) is 12.9. The Labute approximate surface area is 159 Å². The van der Waals surface area contributed by atoms with E-state index >= 15 is 0 Å². The SMILES string of the molecule is C[C@H](CC(=O)N1CCN(S(=O)(=O)c2ccc(F)cc2)CC1)c1ccccc1. The lowest BCUT2D eigenvalue weighted by atomic mass is 9.97. The number of nitrogens with zero attached hydrogens (tertiary/aromatic N) is 2. The Morgan fingerprint density at radius 3 is 2.19 bits per heavy atom. The van der Waals surface area contributed by atoms with Gasteiger partial charge in [-0.3, -0.25) is 4.79 Å². The summed E-state index contributed by atoms with van der Waals surface area (Å²) in [5.41, 5.74) is 1.11. The number of amides is 1. The van der Waals surface area contributed by atoms with Crippen LogP contribution in [0.25, 0.3) is 0 Å². The van der Waals surface area contributed by atoms with Gasteiger partial charge in [-0.2, -0.15) is 4.31 Å². The second-order valence-corrected chi connectivity index (χ2v) is 8.69. The van der Waals surface area contributed by atoms with Crippen molar-refractivity contribution in [3.8, 4) is 0 Å². The fourth-order valence-electron chi connectivity index (χ4n) is 3.22. The van der Waals surface area contributed by atoms with Crippen LogP contribution < -0.4 is 0 Å². The Balaban J connectivity index is 1.58. The first-order valence-corrected chi connectivity index (χ1v) is 10.4. The fourth-order valence-corrected chi connectivity index (χ4v) is 4.65. The molecule has 2 aromatic carbocycles. The third-order valence-corrected chi connectivity index (χ3v) is 6.81. The molecule has 0 aliphatic carbocycles. The van der Waals surface area contributed by atoms with Crippen LogP contribution >= 0.6 is 0 Å². The molecule has 2 aromatic rings. The zero-order chi connectivity index (χ0) is 19.4. The standard InChI is InChI=1S/C20H23FN2O3S/c1-16(17-5-3-2-4-6-17)15-20(24)22-11-13-23(14-12-22)27(25,26)19-9-7-18(21)8-10-19/h2-10,16H,11-15H2,1H3/t16-/m1/s1. The molecule has 0 radical (unpaired) electrons. The molecule has 27 heavy (non-hydrogen) atoms. The van der Waals surface area contributed by atoms with Crippen LogP contribution in [0.4, 0.5) is 4.39 Å². The molecule has 3 rings (SSSR count). The van der Waals surface area contributed by atoms with Gasteiger partial charge in [0.25, 0.3) is 0 Å². The highest BCUT2D eigenvalue weighted by Crippen LogP contribution is 2.22. The molecule has 1 aliphatic rings. The number of halogens is 1. The summed E-state index contributed by atoms with van der Waals surface area (Å²) in [6.45, 7) is 3.22. The number of piperazine rings is 1. The van der Waals surface area contributed by atoms with Crippen molar-refractivity contribution in [2.45, 2.75) is 24.2 Å². The van der Waals surface area contributed by atoms with E-state index in [1.165, 1.54) is 16.4 Å². The van der Waals surface area contributed by atoms with Crippen molar-refractivity contribution in [2.24, 2.45) is 0 Å². The van der Waals surface area contributed by atoms with Gasteiger partial charge in [-0.25, -0.2) is 12.8 Å². The van der Waals surface area contributed by atoms with Gasteiger partial charge < -0.3 is 4.90 Å². The molecule has 0 bridgehead atoms. The first-order valence-electron chi connectivity index (χ1n) is 8.96. The summed E-state index contributed by atoms with van der Waals surface area (Å²) in [7, 11) is -3.67. The smallest absolute Gasteiger partial charge is 0.243 e. The van der Waals surface area contributed by atoms with E-state index in [2.05, 4.69) is 0 Å². The number of rotatable bonds is 5. The lowest BCUT2D eigenvalue weighted by Crippen LogP contribution is -2.50. The van der Waals surface area contributed by atoms with E-state index in [0.29, 0.717) is 19.5 Å². The summed E-state index contributed by atoms with van der Waals surface area (Å²) in [4.78, 5) is 14.4. The monoisotopic (exact) mass is 390 g/mol. The van der Waals surface area contributed by atoms with Gasteiger partial charge in [0.05, 0.1) is 4.90 Å². The van der Waals surface area contributed by atoms with E-state index in [1.807, 2.05) is 37.3 Å². The van der Waals surface area contributed by atoms with Gasteiger partial charge in [-0.05, 0) is 35.7 Å². The van der Waals surface area contributed by atoms with Crippen LogP contribution in [-0.2, 0) is 14.8 Å². The molecule has 1 saturated heterocycles. The van der Waals surface area contributed by atoms with E-state index in [1.54, 1.807) is 4.90 Å². The molecular formula is C20H23FN2O3S. The van der Waals surface area contributed by atoms with E-state index in [-0.39, 0.29) is 29.8 Å². The molecule has 1 fully saturated rings. The Kier molecular flexibility index (Phi) is 5.92. The van der Waals surface area contributed by atoms with Crippen molar-refractivity contribution < 1.29 is 17.6 Å². The first kappa shape index (κ1) is 19.5. The molecule has 1 heterocycles. The minimum absolute atomic E-state index is 0.0326. The average molecular weight is 390 g/mol. The maximum Gasteiger partial charge on any atom is 0.243 e. The summed E-state index contributed by atoms with van der Waals surface area (Å²) in [5.74, 6) is -0.332. The van der Waals surface area contributed by atoms with Crippen molar-refractivity contribution in [1.29, 1.82) is 0 Å². The highest BCUT2D eigenvalue weighted by molar-refractivity contribution is 7.89. The van der Waals surface area contributed by atoms with Crippen LogP contribution in [0, 0.1) is 5.82 Å². The Bertz CT molecular complexity index is 877. The van der Waals surface area contributed by atoms with Crippen molar-refractivity contribution in [3.63, 3.8) is 0 Å². The molecule has 144 valence electrons. The highest BCUT2D eigenvalue weighted by atomic mass is 32.2. The maximum atomic E-state index is 13.0. The molecular weight excluding hydrogens is 367 g/mol. The lowest BCUT2D eigenvalue weighted by molar-refractivity contribution is -0.132. The van der Waals surface area contributed by atoms with Crippen LogP contribution in [0.15, 0.2) is 59.5 Å². The average Bonchev–Trinajstić information content (AvgIpc) is 2.69. The predicted octanol–water partition coefficient (Wildman–Crippen LogP) is 2.85. The van der Waals surface area contributed by atoms with Gasteiger partial charge in [-0.15, -0.1) is 0 Å². The highest BCUT2D eigenvalue weighted by Gasteiger charge is 2.30. The number of carbonyl (C=O) groups excluding carboxylic acids is 1. The molecule has 0 unspecified atom stereocenters. The molecule has 0 N–H and O–H groups in total. The van der Waals surface area contributed by atoms with Crippen molar-refractivity contribution in [3.05, 3.63) is 66.0 Å². The van der Waals surface area contributed by atoms with Gasteiger partial charge in [-0.1, -0.05) is 37.3 Å². The second kappa shape index (κ2) is 8.19. The largest absolute Gasteiger partial charge is 0.340 e. The zero-order valence-corrected chi connectivity index (χ0v) is 16.0. The van der Waals surface area contributed by atoms with Crippen molar-refractivity contribution in [2.75, 3.05) is 26.2 Å². The molecule has 7 heteroatoms. The fraction of sp³-hybridized carbons (Fsp3) is 0.350. The molecule has 0 saturated carbocycles. The Hall–Kier alpha value is -2.25. The minimum atomic E-state index is -3.67. The quantitative estimate of drug-likeness (QED) is 0.789. The van der Waals surface area contributed by atoms with Crippen molar-refractivity contribution >= 4 is 15.9 Å². The van der Waals surface area contributed by atoms with Crippen LogP contribution in [0.2, 0.25) is 0 Å². The van der Waals surface area contributed by atoms with E-state index in [9.17, 15) is 17.6 Å². The number of benzene rings is 2. The third-order valence-electron chi connectivity index (χ3n) is 4.89. The Morgan fingerprint density at radius 1 is 1.00 bits per heavy atom. The summed E-state index contributed by atoms with van der Waals surface area (Å²) >= 11 is 0. The molecule has 0 aromatic heterocycles. The summed E-state index contributed by atoms with van der Waals surface area (Å²) in [6, 6.07) is 14.7. The van der Waals surface area contributed by atoms with Crippen LogP contribution in [-0.4, -0.2) is 49.7 Å². The normalized spacial score (nSPS) is 16.9. The molecule has 1 atom stereocenters. The molecule has 1 aliphatic heterocycles. The topological polar surface area (TPSA) is 57.7 Å². The van der Waals surface area contributed by atoms with Crippen LogP contribution in [0.5, 0.6) is 0 Å². The zero-order valence-electron chi connectivity index (χ0n) is 15.2. The number of carbonyl (C=O) groups is 1. The molecule has 0 spiro atoms. The second-order valence-electron chi connectivity index (χ2n) is 6.75. The maximum absolute atomic E-state index is 13.0. The number of hydrogen-bond donors (Lipinski definition) is 0. The summed E-state index contributed by atoms with van der Waals surface area (Å²) in [6.07, 6.45) is 0.398. The predicted molar refractivity (Wildman–Crippen MR) is 101 cm³/mol. The van der Waals surface area contributed by atoms with Crippen LogP contribution in [0.3, 0.4) is 0 Å². The van der Waals surface area contributed by atoms with E-state index in [4.69, 9.17) is 0 Å². The van der Waals surface area contributed by atoms with Gasteiger partial charge in [0.2, 0.25) is 15.9 Å². The van der Waals surface area contributed by atoms with E-state index < -0.39 is 15.8 Å². The molecule has 1 amide bonds. The van der Waals surface area contributed by atoms with Gasteiger partial charge >= 0.3 is 0 Å². The molecule has 5 nitrogen and oxygen atoms in total. The lowest BCUT2D eigenvalue weighted by Gasteiger charge is -2.34.